The van der Waals surface area contributed by atoms with E-state index in [9.17, 15) is 0 Å². The van der Waals surface area contributed by atoms with Crippen molar-refractivity contribution in [1.82, 2.24) is 19.9 Å². The fraction of sp³-hybridized carbons (Fsp3) is 0.318. The van der Waals surface area contributed by atoms with Crippen LogP contribution in [0.4, 0.5) is 5.82 Å². The highest BCUT2D eigenvalue weighted by Crippen LogP contribution is 2.29. The second-order valence-corrected chi connectivity index (χ2v) is 8.63. The maximum atomic E-state index is 6.61. The Balaban J connectivity index is 1.52. The Morgan fingerprint density at radius 2 is 1.73 bits per heavy atom. The number of rotatable bonds is 4. The predicted molar refractivity (Wildman–Crippen MR) is 124 cm³/mol. The molecule has 0 radical (unpaired) electrons. The van der Waals surface area contributed by atoms with Gasteiger partial charge in [-0.25, -0.2) is 9.97 Å². The van der Waals surface area contributed by atoms with E-state index < -0.39 is 0 Å². The van der Waals surface area contributed by atoms with Crippen LogP contribution in [0.2, 0.25) is 15.1 Å². The molecular weight excluding hydrogens is 441 g/mol. The number of aryl methyl sites for hydroxylation is 1. The van der Waals surface area contributed by atoms with Crippen molar-refractivity contribution >= 4 is 40.6 Å². The Morgan fingerprint density at radius 1 is 0.933 bits per heavy atom. The summed E-state index contributed by atoms with van der Waals surface area (Å²) in [4.78, 5) is 18.3. The molecule has 0 atom stereocenters. The zero-order valence-electron chi connectivity index (χ0n) is 16.7. The third kappa shape index (κ3) is 5.03. The minimum absolute atomic E-state index is 0.599. The second-order valence-electron chi connectivity index (χ2n) is 7.38. The fourth-order valence-electron chi connectivity index (χ4n) is 3.66. The molecule has 1 saturated heterocycles. The Bertz CT molecular complexity index is 1010. The number of anilines is 1. The van der Waals surface area contributed by atoms with Gasteiger partial charge in [0.05, 0.1) is 5.69 Å². The summed E-state index contributed by atoms with van der Waals surface area (Å²) in [7, 11) is 0. The number of benzene rings is 1. The van der Waals surface area contributed by atoms with Crippen molar-refractivity contribution in [2.24, 2.45) is 0 Å². The van der Waals surface area contributed by atoms with Crippen molar-refractivity contribution in [2.45, 2.75) is 19.9 Å². The van der Waals surface area contributed by atoms with E-state index in [0.717, 1.165) is 61.9 Å². The largest absolute Gasteiger partial charge is 0.354 e. The van der Waals surface area contributed by atoms with Crippen molar-refractivity contribution < 1.29 is 0 Å². The molecular formula is C22H22Cl3N5. The van der Waals surface area contributed by atoms with E-state index in [1.54, 1.807) is 12.3 Å². The van der Waals surface area contributed by atoms with Gasteiger partial charge in [0.2, 0.25) is 0 Å². The highest BCUT2D eigenvalue weighted by molar-refractivity contribution is 6.34. The third-order valence-electron chi connectivity index (χ3n) is 5.11. The average Bonchev–Trinajstić information content (AvgIpc) is 2.95. The summed E-state index contributed by atoms with van der Waals surface area (Å²) in [6.07, 6.45) is 2.75. The van der Waals surface area contributed by atoms with Gasteiger partial charge in [-0.1, -0.05) is 40.9 Å². The molecule has 1 aliphatic heterocycles. The third-order valence-corrected chi connectivity index (χ3v) is 5.99. The van der Waals surface area contributed by atoms with Crippen LogP contribution in [0.1, 0.15) is 17.7 Å². The summed E-state index contributed by atoms with van der Waals surface area (Å²) in [5.74, 6) is 1.37. The van der Waals surface area contributed by atoms with Gasteiger partial charge in [-0.15, -0.1) is 0 Å². The molecule has 3 aromatic rings. The Kier molecular flexibility index (Phi) is 6.74. The van der Waals surface area contributed by atoms with Crippen LogP contribution < -0.4 is 4.90 Å². The van der Waals surface area contributed by atoms with Gasteiger partial charge < -0.3 is 4.90 Å². The van der Waals surface area contributed by atoms with Gasteiger partial charge in [-0.3, -0.25) is 9.88 Å². The molecule has 30 heavy (non-hydrogen) atoms. The number of pyridine rings is 1. The van der Waals surface area contributed by atoms with Gasteiger partial charge >= 0.3 is 0 Å². The molecule has 3 heterocycles. The molecule has 2 aromatic heterocycles. The maximum Gasteiger partial charge on any atom is 0.180 e. The second kappa shape index (κ2) is 9.48. The number of halogens is 3. The van der Waals surface area contributed by atoms with Gasteiger partial charge in [-0.05, 0) is 49.2 Å². The van der Waals surface area contributed by atoms with E-state index >= 15 is 0 Å². The molecule has 1 aliphatic rings. The quantitative estimate of drug-likeness (QED) is 0.511. The van der Waals surface area contributed by atoms with Crippen LogP contribution in [0.3, 0.4) is 0 Å². The summed E-state index contributed by atoms with van der Waals surface area (Å²) in [6, 6.07) is 11.4. The lowest BCUT2D eigenvalue weighted by molar-refractivity contribution is 0.285. The van der Waals surface area contributed by atoms with Crippen molar-refractivity contribution in [3.05, 3.63) is 68.9 Å². The molecule has 8 heteroatoms. The average molecular weight is 463 g/mol. The molecule has 0 unspecified atom stereocenters. The van der Waals surface area contributed by atoms with Crippen molar-refractivity contribution in [3.63, 3.8) is 0 Å². The van der Waals surface area contributed by atoms with Crippen LogP contribution in [-0.4, -0.2) is 46.0 Å². The number of hydrogen-bond acceptors (Lipinski definition) is 5. The molecule has 0 saturated carbocycles. The smallest absolute Gasteiger partial charge is 0.180 e. The summed E-state index contributed by atoms with van der Waals surface area (Å²) in [6.45, 7) is 6.30. The van der Waals surface area contributed by atoms with Crippen LogP contribution in [0.5, 0.6) is 0 Å². The Morgan fingerprint density at radius 3 is 2.47 bits per heavy atom. The van der Waals surface area contributed by atoms with Gasteiger partial charge in [0.15, 0.2) is 11.6 Å². The Hall–Kier alpha value is -1.92. The molecule has 0 amide bonds. The lowest BCUT2D eigenvalue weighted by atomic mass is 10.2. The summed E-state index contributed by atoms with van der Waals surface area (Å²) in [5.41, 5.74) is 2.62. The molecule has 0 bridgehead atoms. The molecule has 5 nitrogen and oxygen atoms in total. The maximum absolute atomic E-state index is 6.61. The van der Waals surface area contributed by atoms with E-state index in [2.05, 4.69) is 19.8 Å². The lowest BCUT2D eigenvalue weighted by Crippen LogP contribution is -2.31. The highest BCUT2D eigenvalue weighted by Gasteiger charge is 2.21. The van der Waals surface area contributed by atoms with E-state index in [0.29, 0.717) is 20.9 Å². The molecule has 0 spiro atoms. The van der Waals surface area contributed by atoms with E-state index in [1.807, 2.05) is 37.3 Å². The summed E-state index contributed by atoms with van der Waals surface area (Å²) >= 11 is 18.9. The van der Waals surface area contributed by atoms with E-state index in [4.69, 9.17) is 39.8 Å². The molecule has 4 rings (SSSR count). The zero-order chi connectivity index (χ0) is 21.1. The zero-order valence-corrected chi connectivity index (χ0v) is 18.9. The van der Waals surface area contributed by atoms with Crippen LogP contribution in [0.15, 0.2) is 42.6 Å². The minimum atomic E-state index is 0.599. The topological polar surface area (TPSA) is 45.2 Å². The van der Waals surface area contributed by atoms with Crippen LogP contribution in [-0.2, 0) is 6.54 Å². The lowest BCUT2D eigenvalue weighted by Gasteiger charge is -2.24. The van der Waals surface area contributed by atoms with Crippen LogP contribution >= 0.6 is 34.8 Å². The molecule has 0 N–H and O–H groups in total. The predicted octanol–water partition coefficient (Wildman–Crippen LogP) is 5.52. The normalized spacial score (nSPS) is 15.3. The van der Waals surface area contributed by atoms with Crippen LogP contribution in [0.25, 0.3) is 11.5 Å². The van der Waals surface area contributed by atoms with Gasteiger partial charge in [0, 0.05) is 49.0 Å². The van der Waals surface area contributed by atoms with Gasteiger partial charge in [0.25, 0.3) is 0 Å². The Labute approximate surface area is 191 Å². The summed E-state index contributed by atoms with van der Waals surface area (Å²) < 4.78 is 0. The first kappa shape index (κ1) is 21.3. The molecule has 156 valence electrons. The highest BCUT2D eigenvalue weighted by atomic mass is 35.5. The van der Waals surface area contributed by atoms with E-state index in [-0.39, 0.29) is 0 Å². The number of nitrogens with zero attached hydrogens (tertiary/aromatic N) is 5. The fourth-order valence-corrected chi connectivity index (χ4v) is 4.44. The number of aromatic nitrogens is 3. The first-order valence-corrected chi connectivity index (χ1v) is 11.0. The molecule has 0 aliphatic carbocycles. The summed E-state index contributed by atoms with van der Waals surface area (Å²) in [5, 5.41) is 1.93. The van der Waals surface area contributed by atoms with Gasteiger partial charge in [-0.2, -0.15) is 0 Å². The molecule has 1 aromatic carbocycles. The standard InChI is InChI=1S/C22H22Cl3N5/c1-15-20(25)22(28-21(27-15)19-5-2-3-6-26-19)30-8-4-7-29(9-10-30)14-16-11-17(23)13-18(24)12-16/h2-3,5-6,11-13H,4,7-10,14H2,1H3. The monoisotopic (exact) mass is 461 g/mol. The minimum Gasteiger partial charge on any atom is -0.354 e. The van der Waals surface area contributed by atoms with Crippen molar-refractivity contribution in [1.29, 1.82) is 0 Å². The van der Waals surface area contributed by atoms with Crippen molar-refractivity contribution in [2.75, 3.05) is 31.1 Å². The van der Waals surface area contributed by atoms with Crippen LogP contribution in [0, 0.1) is 6.92 Å². The van der Waals surface area contributed by atoms with Gasteiger partial charge in [0.1, 0.15) is 10.7 Å². The first-order valence-electron chi connectivity index (χ1n) is 9.87. The number of hydrogen-bond donors (Lipinski definition) is 0. The van der Waals surface area contributed by atoms with Crippen molar-refractivity contribution in [3.8, 4) is 11.5 Å². The SMILES string of the molecule is Cc1nc(-c2ccccn2)nc(N2CCCN(Cc3cc(Cl)cc(Cl)c3)CC2)c1Cl. The van der Waals surface area contributed by atoms with E-state index in [1.165, 1.54) is 0 Å². The first-order chi connectivity index (χ1) is 14.5. The molecule has 1 fully saturated rings.